The van der Waals surface area contributed by atoms with E-state index in [1.807, 2.05) is 30.4 Å². The molecule has 1 N–H and O–H groups in total. The van der Waals surface area contributed by atoms with Crippen molar-refractivity contribution in [3.05, 3.63) is 84.1 Å². The SMILES string of the molecule is COC(=O)OC/C=C/CN(Cc1ccccc1)Cc1cc2ccccc2[nH]1. The van der Waals surface area contributed by atoms with Crippen molar-refractivity contribution in [1.29, 1.82) is 0 Å². The van der Waals surface area contributed by atoms with E-state index in [0.29, 0.717) is 0 Å². The molecule has 0 unspecified atom stereocenters. The average Bonchev–Trinajstić information content (AvgIpc) is 3.10. The largest absolute Gasteiger partial charge is 0.508 e. The minimum absolute atomic E-state index is 0.207. The third-order valence-electron chi connectivity index (χ3n) is 4.22. The molecule has 1 aromatic heterocycles. The van der Waals surface area contributed by atoms with Gasteiger partial charge in [0.05, 0.1) is 7.11 Å². The summed E-state index contributed by atoms with van der Waals surface area (Å²) in [7, 11) is 1.30. The number of methoxy groups -OCH3 is 1. The Morgan fingerprint density at radius 1 is 1.04 bits per heavy atom. The number of ether oxygens (including phenoxy) is 2. The highest BCUT2D eigenvalue weighted by atomic mass is 16.7. The first-order valence-corrected chi connectivity index (χ1v) is 8.93. The zero-order valence-electron chi connectivity index (χ0n) is 15.4. The summed E-state index contributed by atoms with van der Waals surface area (Å²) < 4.78 is 9.33. The topological polar surface area (TPSA) is 54.6 Å². The molecule has 3 aromatic rings. The summed E-state index contributed by atoms with van der Waals surface area (Å²) in [4.78, 5) is 16.8. The number of fused-ring (bicyclic) bond motifs is 1. The molecule has 0 saturated heterocycles. The van der Waals surface area contributed by atoms with Crippen LogP contribution in [-0.2, 0) is 22.6 Å². The third-order valence-corrected chi connectivity index (χ3v) is 4.22. The first kappa shape index (κ1) is 18.7. The van der Waals surface area contributed by atoms with Gasteiger partial charge in [-0.05, 0) is 29.2 Å². The van der Waals surface area contributed by atoms with E-state index in [1.165, 1.54) is 23.8 Å². The van der Waals surface area contributed by atoms with Gasteiger partial charge < -0.3 is 14.5 Å². The van der Waals surface area contributed by atoms with E-state index < -0.39 is 6.16 Å². The summed E-state index contributed by atoms with van der Waals surface area (Å²) in [6.07, 6.45) is 3.17. The molecule has 0 fully saturated rings. The average molecular weight is 364 g/mol. The lowest BCUT2D eigenvalue weighted by molar-refractivity contribution is 0.0817. The van der Waals surface area contributed by atoms with Crippen LogP contribution >= 0.6 is 0 Å². The van der Waals surface area contributed by atoms with Crippen LogP contribution in [0, 0.1) is 0 Å². The van der Waals surface area contributed by atoms with E-state index in [4.69, 9.17) is 4.74 Å². The number of aromatic nitrogens is 1. The van der Waals surface area contributed by atoms with Crippen molar-refractivity contribution in [2.24, 2.45) is 0 Å². The molecule has 5 heteroatoms. The molecule has 5 nitrogen and oxygen atoms in total. The Morgan fingerprint density at radius 3 is 2.59 bits per heavy atom. The summed E-state index contributed by atoms with van der Waals surface area (Å²) in [6, 6.07) is 20.9. The number of para-hydroxylation sites is 1. The Balaban J connectivity index is 1.65. The molecule has 3 rings (SSSR count). The van der Waals surface area contributed by atoms with E-state index >= 15 is 0 Å². The molecule has 0 amide bonds. The van der Waals surface area contributed by atoms with E-state index in [9.17, 15) is 4.79 Å². The van der Waals surface area contributed by atoms with E-state index in [0.717, 1.165) is 25.2 Å². The number of H-pyrrole nitrogens is 1. The van der Waals surface area contributed by atoms with Gasteiger partial charge in [-0.1, -0.05) is 54.6 Å². The molecule has 0 aliphatic rings. The fraction of sp³-hybridized carbons (Fsp3) is 0.227. The number of carbonyl (C=O) groups excluding carboxylic acids is 1. The number of rotatable bonds is 8. The molecule has 0 saturated carbocycles. The summed E-state index contributed by atoms with van der Waals surface area (Å²) in [5.41, 5.74) is 3.58. The fourth-order valence-electron chi connectivity index (χ4n) is 2.95. The zero-order valence-corrected chi connectivity index (χ0v) is 15.4. The Labute approximate surface area is 159 Å². The lowest BCUT2D eigenvalue weighted by atomic mass is 10.2. The Morgan fingerprint density at radius 2 is 1.81 bits per heavy atom. The van der Waals surface area contributed by atoms with Gasteiger partial charge in [-0.3, -0.25) is 4.90 Å². The van der Waals surface area contributed by atoms with Crippen molar-refractivity contribution in [1.82, 2.24) is 9.88 Å². The number of aromatic amines is 1. The minimum atomic E-state index is -0.668. The van der Waals surface area contributed by atoms with E-state index in [1.54, 1.807) is 0 Å². The van der Waals surface area contributed by atoms with Crippen LogP contribution in [0.1, 0.15) is 11.3 Å². The highest BCUT2D eigenvalue weighted by Crippen LogP contribution is 2.17. The Bertz CT molecular complexity index is 854. The van der Waals surface area contributed by atoms with Gasteiger partial charge in [0.1, 0.15) is 6.61 Å². The van der Waals surface area contributed by atoms with Gasteiger partial charge in [0.2, 0.25) is 0 Å². The second-order valence-corrected chi connectivity index (χ2v) is 6.27. The maximum Gasteiger partial charge on any atom is 0.508 e. The smallest absolute Gasteiger partial charge is 0.438 e. The molecule has 0 aliphatic heterocycles. The monoisotopic (exact) mass is 364 g/mol. The third kappa shape index (κ3) is 5.72. The van der Waals surface area contributed by atoms with Crippen LogP contribution in [0.2, 0.25) is 0 Å². The summed E-state index contributed by atoms with van der Waals surface area (Å²) in [5.74, 6) is 0. The lowest BCUT2D eigenvalue weighted by Gasteiger charge is -2.20. The predicted molar refractivity (Wildman–Crippen MR) is 106 cm³/mol. The summed E-state index contributed by atoms with van der Waals surface area (Å²) >= 11 is 0. The predicted octanol–water partition coefficient (Wildman–Crippen LogP) is 4.51. The molecule has 0 spiro atoms. The van der Waals surface area contributed by atoms with Crippen LogP contribution in [0.5, 0.6) is 0 Å². The summed E-state index contributed by atoms with van der Waals surface area (Å²) in [6.45, 7) is 2.58. The van der Waals surface area contributed by atoms with Gasteiger partial charge in [-0.2, -0.15) is 0 Å². The van der Waals surface area contributed by atoms with Crippen molar-refractivity contribution in [3.8, 4) is 0 Å². The van der Waals surface area contributed by atoms with Crippen molar-refractivity contribution >= 4 is 17.1 Å². The van der Waals surface area contributed by atoms with Crippen molar-refractivity contribution in [2.45, 2.75) is 13.1 Å². The Hall–Kier alpha value is -3.05. The lowest BCUT2D eigenvalue weighted by Crippen LogP contribution is -2.23. The number of nitrogens with zero attached hydrogens (tertiary/aromatic N) is 1. The van der Waals surface area contributed by atoms with Crippen LogP contribution in [0.25, 0.3) is 10.9 Å². The zero-order chi connectivity index (χ0) is 18.9. The van der Waals surface area contributed by atoms with Gasteiger partial charge >= 0.3 is 6.16 Å². The molecule has 0 atom stereocenters. The van der Waals surface area contributed by atoms with Crippen LogP contribution in [0.4, 0.5) is 4.79 Å². The quantitative estimate of drug-likeness (QED) is 0.472. The molecule has 1 heterocycles. The second kappa shape index (κ2) is 9.59. The number of carbonyl (C=O) groups is 1. The van der Waals surface area contributed by atoms with Crippen molar-refractivity contribution < 1.29 is 14.3 Å². The van der Waals surface area contributed by atoms with Crippen LogP contribution in [0.15, 0.2) is 72.8 Å². The fourth-order valence-corrected chi connectivity index (χ4v) is 2.95. The maximum absolute atomic E-state index is 11.0. The minimum Gasteiger partial charge on any atom is -0.438 e. The molecule has 0 aliphatic carbocycles. The van der Waals surface area contributed by atoms with Gasteiger partial charge in [0.15, 0.2) is 0 Å². The van der Waals surface area contributed by atoms with Crippen molar-refractivity contribution in [3.63, 3.8) is 0 Å². The molecular formula is C22H24N2O3. The van der Waals surface area contributed by atoms with Gasteiger partial charge in [-0.25, -0.2) is 4.79 Å². The van der Waals surface area contributed by atoms with Crippen LogP contribution in [0.3, 0.4) is 0 Å². The highest BCUT2D eigenvalue weighted by molar-refractivity contribution is 5.80. The molecule has 0 bridgehead atoms. The standard InChI is InChI=1S/C22H24N2O3/c1-26-22(25)27-14-8-7-13-24(16-18-9-3-2-4-10-18)17-20-15-19-11-5-6-12-21(19)23-20/h2-12,15,23H,13-14,16-17H2,1H3/b8-7+. The molecule has 27 heavy (non-hydrogen) atoms. The first-order valence-electron chi connectivity index (χ1n) is 8.93. The number of benzene rings is 2. The van der Waals surface area contributed by atoms with Gasteiger partial charge in [0, 0.05) is 30.8 Å². The van der Waals surface area contributed by atoms with E-state index in [2.05, 4.69) is 57.1 Å². The number of nitrogens with one attached hydrogen (secondary N) is 1. The molecule has 2 aromatic carbocycles. The number of hydrogen-bond acceptors (Lipinski definition) is 4. The maximum atomic E-state index is 11.0. The second-order valence-electron chi connectivity index (χ2n) is 6.27. The molecule has 140 valence electrons. The molecule has 0 radical (unpaired) electrons. The normalized spacial score (nSPS) is 11.3. The first-order chi connectivity index (χ1) is 13.2. The number of hydrogen-bond donors (Lipinski definition) is 1. The highest BCUT2D eigenvalue weighted by Gasteiger charge is 2.08. The Kier molecular flexibility index (Phi) is 6.66. The van der Waals surface area contributed by atoms with Gasteiger partial charge in [-0.15, -0.1) is 0 Å². The molecular weight excluding hydrogens is 340 g/mol. The van der Waals surface area contributed by atoms with E-state index in [-0.39, 0.29) is 6.61 Å². The van der Waals surface area contributed by atoms with Gasteiger partial charge in [0.25, 0.3) is 0 Å². The van der Waals surface area contributed by atoms with Crippen molar-refractivity contribution in [2.75, 3.05) is 20.3 Å². The van der Waals surface area contributed by atoms with Crippen LogP contribution in [-0.4, -0.2) is 36.3 Å². The van der Waals surface area contributed by atoms with Crippen LogP contribution < -0.4 is 0 Å². The summed E-state index contributed by atoms with van der Waals surface area (Å²) in [5, 5.41) is 1.22.